The molecule has 3 aliphatic carbocycles. The van der Waals surface area contributed by atoms with Gasteiger partial charge in [-0.05, 0) is 87.2 Å². The summed E-state index contributed by atoms with van der Waals surface area (Å²) in [5, 5.41) is 31.8. The molecule has 4 rings (SSSR count). The van der Waals surface area contributed by atoms with Crippen LogP contribution in [0.25, 0.3) is 0 Å². The highest BCUT2D eigenvalue weighted by atomic mass is 16.5. The molecule has 6 atom stereocenters. The van der Waals surface area contributed by atoms with Gasteiger partial charge in [0.25, 0.3) is 0 Å². The van der Waals surface area contributed by atoms with Crippen molar-refractivity contribution in [3.8, 4) is 0 Å². The van der Waals surface area contributed by atoms with Crippen molar-refractivity contribution >= 4 is 0 Å². The predicted molar refractivity (Wildman–Crippen MR) is 114 cm³/mol. The second-order valence-corrected chi connectivity index (χ2v) is 10.9. The van der Waals surface area contributed by atoms with Crippen LogP contribution in [0.3, 0.4) is 0 Å². The van der Waals surface area contributed by atoms with Crippen molar-refractivity contribution in [1.82, 2.24) is 0 Å². The van der Waals surface area contributed by atoms with E-state index in [1.165, 1.54) is 12.8 Å². The summed E-state index contributed by atoms with van der Waals surface area (Å²) in [5.41, 5.74) is 1.06. The lowest BCUT2D eigenvalue weighted by molar-refractivity contribution is -0.150. The first kappa shape index (κ1) is 21.1. The Morgan fingerprint density at radius 3 is 2.59 bits per heavy atom. The summed E-state index contributed by atoms with van der Waals surface area (Å²) in [6, 6.07) is 0. The molecule has 1 saturated heterocycles. The number of allylic oxidation sites excluding steroid dienone is 3. The molecule has 0 aromatic rings. The molecule has 4 aliphatic rings. The van der Waals surface area contributed by atoms with Crippen LogP contribution in [0.5, 0.6) is 0 Å². The molecule has 3 unspecified atom stereocenters. The molecular formula is C25H38O4. The fraction of sp³-hybridized carbons (Fsp3) is 0.760. The Balaban J connectivity index is 1.62. The van der Waals surface area contributed by atoms with Crippen LogP contribution in [0.1, 0.15) is 72.6 Å². The van der Waals surface area contributed by atoms with E-state index in [4.69, 9.17) is 4.74 Å². The zero-order valence-electron chi connectivity index (χ0n) is 18.4. The van der Waals surface area contributed by atoms with Gasteiger partial charge in [-0.25, -0.2) is 0 Å². The van der Waals surface area contributed by atoms with E-state index in [2.05, 4.69) is 20.4 Å². The third kappa shape index (κ3) is 3.32. The summed E-state index contributed by atoms with van der Waals surface area (Å²) in [6.45, 7) is 11.8. The summed E-state index contributed by atoms with van der Waals surface area (Å²) < 4.78 is 6.91. The van der Waals surface area contributed by atoms with E-state index < -0.39 is 11.7 Å². The minimum absolute atomic E-state index is 0.0580. The minimum atomic E-state index is -1.18. The number of ether oxygens (including phenoxy) is 1. The third-order valence-electron chi connectivity index (χ3n) is 8.54. The Labute approximate surface area is 175 Å². The number of hydrogen-bond donors (Lipinski definition) is 3. The van der Waals surface area contributed by atoms with Gasteiger partial charge in [-0.3, -0.25) is 0 Å². The van der Waals surface area contributed by atoms with Gasteiger partial charge < -0.3 is 20.1 Å². The molecule has 0 amide bonds. The Bertz CT molecular complexity index is 742. The fourth-order valence-electron chi connectivity index (χ4n) is 6.44. The minimum Gasteiger partial charge on any atom is -0.512 e. The molecule has 1 aliphatic heterocycles. The van der Waals surface area contributed by atoms with Crippen molar-refractivity contribution in [1.29, 1.82) is 0 Å². The zero-order chi connectivity index (χ0) is 21.2. The first-order chi connectivity index (χ1) is 13.5. The van der Waals surface area contributed by atoms with Crippen LogP contribution >= 0.6 is 0 Å². The van der Waals surface area contributed by atoms with Gasteiger partial charge in [0, 0.05) is 5.92 Å². The molecule has 162 valence electrons. The SMILES string of the molecule is C=CCC1=C(O)C2CCC3(CC[C@@]4(C(C)C)C[C@@H]34)OC2C(C[C@@H](O)C(C)(C)O)=C1. The maximum absolute atomic E-state index is 10.9. The lowest BCUT2D eigenvalue weighted by Gasteiger charge is -2.47. The van der Waals surface area contributed by atoms with E-state index in [-0.39, 0.29) is 17.6 Å². The molecular weight excluding hydrogens is 364 g/mol. The van der Waals surface area contributed by atoms with Gasteiger partial charge in [0.05, 0.1) is 23.4 Å². The van der Waals surface area contributed by atoms with Crippen molar-refractivity contribution in [2.24, 2.45) is 23.2 Å². The second kappa shape index (κ2) is 6.96. The van der Waals surface area contributed by atoms with Crippen LogP contribution in [-0.4, -0.2) is 38.7 Å². The molecule has 3 N–H and O–H groups in total. The largest absolute Gasteiger partial charge is 0.512 e. The normalized spacial score (nSPS) is 40.0. The standard InChI is InChI=1S/C25H38O4/c1-6-7-16-12-17(13-20(26)23(4,5)28)22-18(21(16)27)8-9-25(29-22)11-10-24(15(2)3)14-19(24)25/h6,12,15,18-20,22,26-28H,1,7-11,13-14H2,2-5H3/t18?,19-,20-,22?,24+,25?/m1/s1. The Kier molecular flexibility index (Phi) is 5.08. The molecule has 3 fully saturated rings. The zero-order valence-corrected chi connectivity index (χ0v) is 18.4. The average Bonchev–Trinajstić information content (AvgIpc) is 3.33. The highest BCUT2D eigenvalue weighted by molar-refractivity contribution is 5.38. The van der Waals surface area contributed by atoms with Crippen molar-refractivity contribution in [3.05, 3.63) is 35.6 Å². The van der Waals surface area contributed by atoms with Crippen molar-refractivity contribution in [2.45, 2.75) is 96.1 Å². The van der Waals surface area contributed by atoms with Gasteiger partial charge in [-0.1, -0.05) is 26.0 Å². The number of rotatable bonds is 6. The average molecular weight is 403 g/mol. The van der Waals surface area contributed by atoms with Gasteiger partial charge >= 0.3 is 0 Å². The van der Waals surface area contributed by atoms with Gasteiger partial charge in [-0.15, -0.1) is 6.58 Å². The number of fused-ring (bicyclic) bond motifs is 3. The second-order valence-electron chi connectivity index (χ2n) is 10.9. The molecule has 0 radical (unpaired) electrons. The van der Waals surface area contributed by atoms with Crippen LogP contribution in [0.2, 0.25) is 0 Å². The van der Waals surface area contributed by atoms with E-state index in [9.17, 15) is 15.3 Å². The quantitative estimate of drug-likeness (QED) is 0.557. The van der Waals surface area contributed by atoms with Gasteiger partial charge in [-0.2, -0.15) is 0 Å². The monoisotopic (exact) mass is 402 g/mol. The van der Waals surface area contributed by atoms with Gasteiger partial charge in [0.2, 0.25) is 0 Å². The number of aliphatic hydroxyl groups is 3. The molecule has 0 bridgehead atoms. The van der Waals surface area contributed by atoms with Crippen molar-refractivity contribution in [2.75, 3.05) is 0 Å². The lowest BCUT2D eigenvalue weighted by Crippen LogP contribution is -2.49. The molecule has 1 spiro atoms. The van der Waals surface area contributed by atoms with Crippen LogP contribution in [0.15, 0.2) is 35.6 Å². The third-order valence-corrected chi connectivity index (χ3v) is 8.54. The summed E-state index contributed by atoms with van der Waals surface area (Å²) in [5.74, 6) is 1.67. The Hall–Kier alpha value is -1.10. The van der Waals surface area contributed by atoms with E-state index in [0.717, 1.165) is 30.4 Å². The highest BCUT2D eigenvalue weighted by Crippen LogP contribution is 2.74. The van der Waals surface area contributed by atoms with Crippen LogP contribution in [0.4, 0.5) is 0 Å². The first-order valence-electron chi connectivity index (χ1n) is 11.4. The summed E-state index contributed by atoms with van der Waals surface area (Å²) in [4.78, 5) is 0. The lowest BCUT2D eigenvalue weighted by atomic mass is 9.73. The molecule has 2 saturated carbocycles. The first-order valence-corrected chi connectivity index (χ1v) is 11.4. The number of aliphatic hydroxyl groups excluding tert-OH is 2. The topological polar surface area (TPSA) is 69.9 Å². The van der Waals surface area contributed by atoms with Gasteiger partial charge in [0.15, 0.2) is 0 Å². The number of hydrogen-bond acceptors (Lipinski definition) is 4. The Morgan fingerprint density at radius 2 is 2.03 bits per heavy atom. The van der Waals surface area contributed by atoms with E-state index >= 15 is 0 Å². The fourth-order valence-corrected chi connectivity index (χ4v) is 6.44. The van der Waals surface area contributed by atoms with E-state index in [1.54, 1.807) is 19.9 Å². The van der Waals surface area contributed by atoms with Crippen LogP contribution < -0.4 is 0 Å². The van der Waals surface area contributed by atoms with Crippen LogP contribution in [-0.2, 0) is 4.74 Å². The molecule has 0 aromatic carbocycles. The molecule has 4 nitrogen and oxygen atoms in total. The van der Waals surface area contributed by atoms with E-state index in [1.807, 2.05) is 6.08 Å². The Morgan fingerprint density at radius 1 is 1.31 bits per heavy atom. The highest BCUT2D eigenvalue weighted by Gasteiger charge is 2.71. The maximum atomic E-state index is 10.9. The predicted octanol–water partition coefficient (Wildman–Crippen LogP) is 4.83. The van der Waals surface area contributed by atoms with Crippen molar-refractivity contribution in [3.63, 3.8) is 0 Å². The summed E-state index contributed by atoms with van der Waals surface area (Å²) in [6.07, 6.45) is 9.18. The maximum Gasteiger partial charge on any atom is 0.102 e. The smallest absolute Gasteiger partial charge is 0.102 e. The van der Waals surface area contributed by atoms with Gasteiger partial charge in [0.1, 0.15) is 5.76 Å². The summed E-state index contributed by atoms with van der Waals surface area (Å²) >= 11 is 0. The molecule has 4 heteroatoms. The molecule has 29 heavy (non-hydrogen) atoms. The summed E-state index contributed by atoms with van der Waals surface area (Å²) in [7, 11) is 0. The van der Waals surface area contributed by atoms with Crippen LogP contribution in [0, 0.1) is 23.2 Å². The van der Waals surface area contributed by atoms with Crippen molar-refractivity contribution < 1.29 is 20.1 Å². The molecule has 1 heterocycles. The van der Waals surface area contributed by atoms with E-state index in [0.29, 0.717) is 35.9 Å². The molecule has 0 aromatic heterocycles.